The zero-order valence-corrected chi connectivity index (χ0v) is 10.5. The van der Waals surface area contributed by atoms with E-state index in [0.717, 1.165) is 4.90 Å². The normalized spacial score (nSPS) is 16.6. The van der Waals surface area contributed by atoms with Gasteiger partial charge in [0, 0.05) is 26.2 Å². The Morgan fingerprint density at radius 2 is 1.40 bits per heavy atom. The third kappa shape index (κ3) is 2.28. The SMILES string of the molecule is CN1CCN(c2c(F)c(F)c([N+](=O)[O-])c(F)c2F)CC1. The average Bonchev–Trinajstić information content (AvgIpc) is 2.39. The Kier molecular flexibility index (Phi) is 3.80. The predicted molar refractivity (Wildman–Crippen MR) is 62.6 cm³/mol. The molecule has 0 aromatic heterocycles. The smallest absolute Gasteiger partial charge is 0.346 e. The Labute approximate surface area is 111 Å². The van der Waals surface area contributed by atoms with E-state index in [1.165, 1.54) is 0 Å². The van der Waals surface area contributed by atoms with Gasteiger partial charge < -0.3 is 9.80 Å². The largest absolute Gasteiger partial charge is 0.364 e. The standard InChI is InChI=1S/C11H11F4N3O2/c1-16-2-4-17(5-3-16)10-6(12)8(14)11(18(19)20)9(15)7(10)13/h2-5H2,1H3. The van der Waals surface area contributed by atoms with Crippen LogP contribution in [0.2, 0.25) is 0 Å². The Morgan fingerprint density at radius 1 is 0.950 bits per heavy atom. The second-order valence-electron chi connectivity index (χ2n) is 4.50. The lowest BCUT2D eigenvalue weighted by Crippen LogP contribution is -2.45. The molecule has 0 bridgehead atoms. The second-order valence-corrected chi connectivity index (χ2v) is 4.50. The summed E-state index contributed by atoms with van der Waals surface area (Å²) < 4.78 is 54.7. The monoisotopic (exact) mass is 293 g/mol. The molecule has 0 unspecified atom stereocenters. The van der Waals surface area contributed by atoms with E-state index in [1.54, 1.807) is 7.05 Å². The second kappa shape index (κ2) is 5.23. The van der Waals surface area contributed by atoms with Crippen molar-refractivity contribution in [3.05, 3.63) is 33.4 Å². The van der Waals surface area contributed by atoms with E-state index in [0.29, 0.717) is 13.1 Å². The lowest BCUT2D eigenvalue weighted by Gasteiger charge is -2.34. The van der Waals surface area contributed by atoms with E-state index in [9.17, 15) is 27.7 Å². The number of nitrogens with zero attached hydrogens (tertiary/aromatic N) is 3. The van der Waals surface area contributed by atoms with Crippen molar-refractivity contribution in [1.82, 2.24) is 4.90 Å². The number of benzene rings is 1. The number of piperazine rings is 1. The topological polar surface area (TPSA) is 49.6 Å². The first kappa shape index (κ1) is 14.5. The van der Waals surface area contributed by atoms with E-state index < -0.39 is 39.6 Å². The van der Waals surface area contributed by atoms with Crippen LogP contribution in [-0.4, -0.2) is 43.0 Å². The molecular weight excluding hydrogens is 282 g/mol. The Balaban J connectivity index is 2.52. The van der Waals surface area contributed by atoms with Crippen molar-refractivity contribution in [3.63, 3.8) is 0 Å². The first-order valence-electron chi connectivity index (χ1n) is 5.78. The zero-order chi connectivity index (χ0) is 15.0. The molecule has 0 saturated carbocycles. The van der Waals surface area contributed by atoms with Gasteiger partial charge in [-0.1, -0.05) is 0 Å². The number of nitro benzene ring substituents is 1. The molecule has 0 aliphatic carbocycles. The van der Waals surface area contributed by atoms with Gasteiger partial charge in [-0.3, -0.25) is 10.1 Å². The van der Waals surface area contributed by atoms with Gasteiger partial charge >= 0.3 is 5.69 Å². The van der Waals surface area contributed by atoms with E-state index >= 15 is 0 Å². The molecule has 1 aliphatic rings. The molecule has 1 saturated heterocycles. The third-order valence-electron chi connectivity index (χ3n) is 3.22. The van der Waals surface area contributed by atoms with Gasteiger partial charge in [0.2, 0.25) is 11.6 Å². The molecular formula is C11H11F4N3O2. The molecule has 110 valence electrons. The number of hydrogen-bond acceptors (Lipinski definition) is 4. The minimum Gasteiger partial charge on any atom is -0.364 e. The van der Waals surface area contributed by atoms with Crippen molar-refractivity contribution in [3.8, 4) is 0 Å². The molecule has 0 radical (unpaired) electrons. The number of likely N-dealkylation sites (N-methyl/N-ethyl adjacent to an activating group) is 1. The van der Waals surface area contributed by atoms with Crippen LogP contribution in [0, 0.1) is 33.4 Å². The minimum atomic E-state index is -1.98. The fourth-order valence-electron chi connectivity index (χ4n) is 2.08. The van der Waals surface area contributed by atoms with Crippen molar-refractivity contribution in [2.45, 2.75) is 0 Å². The maximum absolute atomic E-state index is 13.8. The van der Waals surface area contributed by atoms with Crippen LogP contribution in [0.1, 0.15) is 0 Å². The quantitative estimate of drug-likeness (QED) is 0.362. The van der Waals surface area contributed by atoms with Crippen molar-refractivity contribution in [2.24, 2.45) is 0 Å². The van der Waals surface area contributed by atoms with Gasteiger partial charge in [0.05, 0.1) is 4.92 Å². The highest BCUT2D eigenvalue weighted by Crippen LogP contribution is 2.35. The lowest BCUT2D eigenvalue weighted by molar-refractivity contribution is -0.390. The maximum atomic E-state index is 13.8. The Bertz CT molecular complexity index is 530. The molecule has 1 aliphatic heterocycles. The summed E-state index contributed by atoms with van der Waals surface area (Å²) in [6.07, 6.45) is 0. The molecule has 0 amide bonds. The fourth-order valence-corrected chi connectivity index (χ4v) is 2.08. The molecule has 0 atom stereocenters. The molecule has 2 rings (SSSR count). The first-order chi connectivity index (χ1) is 9.34. The van der Waals surface area contributed by atoms with Gasteiger partial charge in [0.25, 0.3) is 0 Å². The molecule has 1 heterocycles. The van der Waals surface area contributed by atoms with Crippen molar-refractivity contribution in [2.75, 3.05) is 38.1 Å². The van der Waals surface area contributed by atoms with Crippen LogP contribution in [0.4, 0.5) is 28.9 Å². The van der Waals surface area contributed by atoms with E-state index in [-0.39, 0.29) is 13.1 Å². The highest BCUT2D eigenvalue weighted by Gasteiger charge is 2.35. The number of anilines is 1. The number of rotatable bonds is 2. The molecule has 9 heteroatoms. The van der Waals surface area contributed by atoms with Crippen LogP contribution < -0.4 is 4.90 Å². The molecule has 1 aromatic carbocycles. The van der Waals surface area contributed by atoms with Gasteiger partial charge in [0.15, 0.2) is 11.6 Å². The summed E-state index contributed by atoms with van der Waals surface area (Å²) >= 11 is 0. The lowest BCUT2D eigenvalue weighted by atomic mass is 10.2. The van der Waals surface area contributed by atoms with Gasteiger partial charge in [-0.05, 0) is 7.05 Å². The maximum Gasteiger partial charge on any atom is 0.346 e. The number of halogens is 4. The highest BCUT2D eigenvalue weighted by atomic mass is 19.2. The van der Waals surface area contributed by atoms with Crippen LogP contribution in [0.3, 0.4) is 0 Å². The van der Waals surface area contributed by atoms with Crippen molar-refractivity contribution >= 4 is 11.4 Å². The summed E-state index contributed by atoms with van der Waals surface area (Å²) in [7, 11) is 1.79. The summed E-state index contributed by atoms with van der Waals surface area (Å²) in [5, 5.41) is 10.4. The van der Waals surface area contributed by atoms with Crippen molar-refractivity contribution in [1.29, 1.82) is 0 Å². The fraction of sp³-hybridized carbons (Fsp3) is 0.455. The van der Waals surface area contributed by atoms with E-state index in [4.69, 9.17) is 0 Å². The summed E-state index contributed by atoms with van der Waals surface area (Å²) in [6, 6.07) is 0. The first-order valence-corrected chi connectivity index (χ1v) is 5.78. The van der Waals surface area contributed by atoms with Crippen molar-refractivity contribution < 1.29 is 22.5 Å². The van der Waals surface area contributed by atoms with Crippen LogP contribution >= 0.6 is 0 Å². The van der Waals surface area contributed by atoms with Gasteiger partial charge in [-0.15, -0.1) is 0 Å². The number of nitro groups is 1. The predicted octanol–water partition coefficient (Wildman–Crippen LogP) is 1.90. The highest BCUT2D eigenvalue weighted by molar-refractivity contribution is 5.56. The summed E-state index contributed by atoms with van der Waals surface area (Å²) in [6.45, 7) is 1.25. The van der Waals surface area contributed by atoms with Crippen LogP contribution in [0.5, 0.6) is 0 Å². The van der Waals surface area contributed by atoms with Gasteiger partial charge in [-0.2, -0.15) is 8.78 Å². The Hall–Kier alpha value is -1.90. The van der Waals surface area contributed by atoms with Gasteiger partial charge in [0.1, 0.15) is 5.69 Å². The minimum absolute atomic E-state index is 0.168. The zero-order valence-electron chi connectivity index (χ0n) is 10.5. The van der Waals surface area contributed by atoms with Gasteiger partial charge in [-0.25, -0.2) is 8.78 Å². The molecule has 0 spiro atoms. The molecule has 20 heavy (non-hydrogen) atoms. The average molecular weight is 293 g/mol. The van der Waals surface area contributed by atoms with Crippen LogP contribution in [0.25, 0.3) is 0 Å². The van der Waals surface area contributed by atoms with E-state index in [2.05, 4.69) is 0 Å². The molecule has 0 N–H and O–H groups in total. The van der Waals surface area contributed by atoms with Crippen LogP contribution in [-0.2, 0) is 0 Å². The molecule has 1 aromatic rings. The van der Waals surface area contributed by atoms with E-state index in [1.807, 2.05) is 4.90 Å². The summed E-state index contributed by atoms with van der Waals surface area (Å²) in [4.78, 5) is 12.0. The summed E-state index contributed by atoms with van der Waals surface area (Å²) in [5.74, 6) is -7.44. The van der Waals surface area contributed by atoms with Crippen LogP contribution in [0.15, 0.2) is 0 Å². The molecule has 5 nitrogen and oxygen atoms in total. The third-order valence-corrected chi connectivity index (χ3v) is 3.22. The molecule has 1 fully saturated rings. The number of hydrogen-bond donors (Lipinski definition) is 0. The summed E-state index contributed by atoms with van der Waals surface area (Å²) in [5.41, 5.74) is -2.70. The Morgan fingerprint density at radius 3 is 1.80 bits per heavy atom.